The van der Waals surface area contributed by atoms with Crippen LogP contribution in [0.25, 0.3) is 11.8 Å². The summed E-state index contributed by atoms with van der Waals surface area (Å²) in [5, 5.41) is 21.9. The third-order valence-electron chi connectivity index (χ3n) is 4.32. The van der Waals surface area contributed by atoms with Gasteiger partial charge in [-0.05, 0) is 61.0 Å². The summed E-state index contributed by atoms with van der Waals surface area (Å²) in [5.74, 6) is -1.60. The molecule has 2 aromatic carbocycles. The molecular formula is C22H16ClN3O3. The summed E-state index contributed by atoms with van der Waals surface area (Å²) >= 11 is 6.07. The second-order valence-electron chi connectivity index (χ2n) is 6.19. The molecule has 3 aromatic rings. The molecule has 1 heterocycles. The van der Waals surface area contributed by atoms with Gasteiger partial charge in [0.25, 0.3) is 5.91 Å². The fourth-order valence-electron chi connectivity index (χ4n) is 2.76. The summed E-state index contributed by atoms with van der Waals surface area (Å²) < 4.78 is 1.70. The smallest absolute Gasteiger partial charge is 0.335 e. The first kappa shape index (κ1) is 19.9. The highest BCUT2D eigenvalue weighted by Gasteiger charge is 2.13. The van der Waals surface area contributed by atoms with E-state index in [1.807, 2.05) is 6.07 Å². The van der Waals surface area contributed by atoms with Crippen LogP contribution >= 0.6 is 11.6 Å². The van der Waals surface area contributed by atoms with E-state index in [0.717, 1.165) is 0 Å². The fraction of sp³-hybridized carbons (Fsp3) is 0.0455. The van der Waals surface area contributed by atoms with Gasteiger partial charge >= 0.3 is 5.97 Å². The molecule has 0 spiro atoms. The number of amides is 1. The Balaban J connectivity index is 1.93. The molecule has 29 heavy (non-hydrogen) atoms. The third-order valence-corrected chi connectivity index (χ3v) is 4.73. The Kier molecular flexibility index (Phi) is 5.82. The van der Waals surface area contributed by atoms with Gasteiger partial charge < -0.3 is 15.0 Å². The predicted molar refractivity (Wildman–Crippen MR) is 111 cm³/mol. The van der Waals surface area contributed by atoms with Crippen molar-refractivity contribution in [3.63, 3.8) is 0 Å². The highest BCUT2D eigenvalue weighted by molar-refractivity contribution is 6.31. The molecule has 2 N–H and O–H groups in total. The lowest BCUT2D eigenvalue weighted by atomic mass is 10.1. The lowest BCUT2D eigenvalue weighted by Gasteiger charge is -2.10. The van der Waals surface area contributed by atoms with E-state index in [0.29, 0.717) is 27.7 Å². The van der Waals surface area contributed by atoms with Crippen LogP contribution in [0.5, 0.6) is 0 Å². The van der Waals surface area contributed by atoms with Crippen molar-refractivity contribution in [3.05, 3.63) is 88.2 Å². The topological polar surface area (TPSA) is 95.1 Å². The molecule has 6 nitrogen and oxygen atoms in total. The van der Waals surface area contributed by atoms with Crippen molar-refractivity contribution in [2.45, 2.75) is 6.92 Å². The molecule has 0 bridgehead atoms. The van der Waals surface area contributed by atoms with Gasteiger partial charge in [-0.2, -0.15) is 5.26 Å². The molecule has 0 aliphatic carbocycles. The number of nitriles is 1. The number of aromatic nitrogens is 1. The van der Waals surface area contributed by atoms with Crippen molar-refractivity contribution >= 4 is 35.2 Å². The first-order valence-corrected chi connectivity index (χ1v) is 8.98. The average molecular weight is 406 g/mol. The third kappa shape index (κ3) is 4.37. The van der Waals surface area contributed by atoms with Crippen molar-refractivity contribution in [1.82, 2.24) is 4.57 Å². The summed E-state index contributed by atoms with van der Waals surface area (Å²) in [6.45, 7) is 1.77. The molecule has 0 unspecified atom stereocenters. The lowest BCUT2D eigenvalue weighted by Crippen LogP contribution is -2.14. The minimum Gasteiger partial charge on any atom is -0.478 e. The predicted octanol–water partition coefficient (Wildman–Crippen LogP) is 4.68. The minimum atomic E-state index is -1.04. The number of aromatic carboxylic acids is 1. The van der Waals surface area contributed by atoms with Gasteiger partial charge in [-0.1, -0.05) is 23.7 Å². The fourth-order valence-corrected chi connectivity index (χ4v) is 2.94. The molecule has 0 aliphatic heterocycles. The lowest BCUT2D eigenvalue weighted by molar-refractivity contribution is -0.112. The Bertz CT molecular complexity index is 1170. The molecule has 1 aromatic heterocycles. The molecule has 1 amide bonds. The monoisotopic (exact) mass is 405 g/mol. The quantitative estimate of drug-likeness (QED) is 0.475. The van der Waals surface area contributed by atoms with E-state index < -0.39 is 11.9 Å². The molecule has 0 fully saturated rings. The van der Waals surface area contributed by atoms with Crippen LogP contribution in [0.4, 0.5) is 5.69 Å². The minimum absolute atomic E-state index is 0.0984. The number of hydrogen-bond donors (Lipinski definition) is 2. The van der Waals surface area contributed by atoms with Gasteiger partial charge in [-0.3, -0.25) is 4.79 Å². The number of nitrogens with zero attached hydrogens (tertiary/aromatic N) is 2. The zero-order valence-corrected chi connectivity index (χ0v) is 16.1. The van der Waals surface area contributed by atoms with Gasteiger partial charge in [0, 0.05) is 28.3 Å². The molecule has 144 valence electrons. The maximum Gasteiger partial charge on any atom is 0.335 e. The number of rotatable bonds is 5. The van der Waals surface area contributed by atoms with Crippen LogP contribution in [0.15, 0.2) is 66.4 Å². The molecule has 0 atom stereocenters. The van der Waals surface area contributed by atoms with E-state index in [-0.39, 0.29) is 11.1 Å². The SMILES string of the molecule is Cc1c(Cl)cccc1NC(=O)/C(C#N)=C\c1cccn1-c1cccc(C(=O)O)c1. The summed E-state index contributed by atoms with van der Waals surface area (Å²) in [6, 6.07) is 16.9. The Morgan fingerprint density at radius 1 is 1.17 bits per heavy atom. The number of hydrogen-bond acceptors (Lipinski definition) is 3. The number of carbonyl (C=O) groups is 2. The standard InChI is InChI=1S/C22H16ClN3O3/c1-14-19(23)8-3-9-20(14)25-21(27)16(13-24)12-18-7-4-10-26(18)17-6-2-5-15(11-17)22(28)29/h2-12H,1H3,(H,25,27)(H,28,29)/b16-12-. The molecule has 7 heteroatoms. The highest BCUT2D eigenvalue weighted by Crippen LogP contribution is 2.24. The Morgan fingerprint density at radius 2 is 1.93 bits per heavy atom. The number of anilines is 1. The van der Waals surface area contributed by atoms with E-state index in [9.17, 15) is 20.0 Å². The van der Waals surface area contributed by atoms with Crippen LogP contribution < -0.4 is 5.32 Å². The van der Waals surface area contributed by atoms with Gasteiger partial charge in [0.15, 0.2) is 0 Å². The van der Waals surface area contributed by atoms with E-state index in [4.69, 9.17) is 11.6 Å². The van der Waals surface area contributed by atoms with Gasteiger partial charge in [0.05, 0.1) is 5.56 Å². The number of nitrogens with one attached hydrogen (secondary N) is 1. The van der Waals surface area contributed by atoms with Crippen molar-refractivity contribution in [1.29, 1.82) is 5.26 Å². The van der Waals surface area contributed by atoms with Crippen LogP contribution in [-0.2, 0) is 4.79 Å². The van der Waals surface area contributed by atoms with Gasteiger partial charge in [0.1, 0.15) is 11.6 Å². The number of carbonyl (C=O) groups excluding carboxylic acids is 1. The van der Waals surface area contributed by atoms with Crippen LogP contribution in [0.1, 0.15) is 21.6 Å². The molecule has 0 saturated heterocycles. The largest absolute Gasteiger partial charge is 0.478 e. The van der Waals surface area contributed by atoms with Crippen LogP contribution in [0.3, 0.4) is 0 Å². The van der Waals surface area contributed by atoms with E-state index >= 15 is 0 Å². The summed E-state index contributed by atoms with van der Waals surface area (Å²) in [6.07, 6.45) is 3.17. The zero-order valence-electron chi connectivity index (χ0n) is 15.4. The molecular weight excluding hydrogens is 390 g/mol. The Hall–Kier alpha value is -3.82. The van der Waals surface area contributed by atoms with E-state index in [2.05, 4.69) is 5.32 Å². The first-order valence-electron chi connectivity index (χ1n) is 8.60. The van der Waals surface area contributed by atoms with Gasteiger partial charge in [-0.15, -0.1) is 0 Å². The molecule has 0 saturated carbocycles. The van der Waals surface area contributed by atoms with Crippen LogP contribution in [0.2, 0.25) is 5.02 Å². The normalized spacial score (nSPS) is 11.0. The van der Waals surface area contributed by atoms with E-state index in [1.54, 1.807) is 60.2 Å². The summed E-state index contributed by atoms with van der Waals surface area (Å²) in [5.41, 5.74) is 2.42. The number of carboxylic acids is 1. The van der Waals surface area contributed by atoms with Crippen LogP contribution in [-0.4, -0.2) is 21.6 Å². The molecule has 3 rings (SSSR count). The zero-order chi connectivity index (χ0) is 21.0. The maximum absolute atomic E-state index is 12.6. The van der Waals surface area contributed by atoms with Gasteiger partial charge in [-0.25, -0.2) is 4.79 Å². The summed E-state index contributed by atoms with van der Waals surface area (Å²) in [7, 11) is 0. The second kappa shape index (κ2) is 8.46. The first-order chi connectivity index (χ1) is 13.9. The Morgan fingerprint density at radius 3 is 2.66 bits per heavy atom. The van der Waals surface area contributed by atoms with E-state index in [1.165, 1.54) is 18.2 Å². The average Bonchev–Trinajstić information content (AvgIpc) is 3.18. The van der Waals surface area contributed by atoms with Gasteiger partial charge in [0.2, 0.25) is 0 Å². The summed E-state index contributed by atoms with van der Waals surface area (Å²) in [4.78, 5) is 23.8. The second-order valence-corrected chi connectivity index (χ2v) is 6.60. The number of benzene rings is 2. The highest BCUT2D eigenvalue weighted by atomic mass is 35.5. The molecule has 0 aliphatic rings. The molecule has 0 radical (unpaired) electrons. The van der Waals surface area contributed by atoms with Crippen molar-refractivity contribution < 1.29 is 14.7 Å². The number of halogens is 1. The van der Waals surface area contributed by atoms with Crippen molar-refractivity contribution in [2.75, 3.05) is 5.32 Å². The number of carboxylic acid groups (broad SMARTS) is 1. The van der Waals surface area contributed by atoms with Crippen molar-refractivity contribution in [3.8, 4) is 11.8 Å². The van der Waals surface area contributed by atoms with Crippen LogP contribution in [0, 0.1) is 18.3 Å². The van der Waals surface area contributed by atoms with Crippen molar-refractivity contribution in [2.24, 2.45) is 0 Å². The Labute approximate surface area is 172 Å². The maximum atomic E-state index is 12.6.